The Morgan fingerprint density at radius 3 is 2.86 bits per heavy atom. The summed E-state index contributed by atoms with van der Waals surface area (Å²) in [6, 6.07) is 0.799. The smallest absolute Gasteiger partial charge is 0.107 e. The van der Waals surface area contributed by atoms with Crippen molar-refractivity contribution >= 4 is 11.3 Å². The van der Waals surface area contributed by atoms with Gasteiger partial charge in [0.05, 0.1) is 6.54 Å². The average molecular weight is 210 g/mol. The fourth-order valence-corrected chi connectivity index (χ4v) is 2.87. The summed E-state index contributed by atoms with van der Waals surface area (Å²) >= 11 is 1.76. The van der Waals surface area contributed by atoms with Gasteiger partial charge in [0.25, 0.3) is 0 Å². The number of nitrogens with zero attached hydrogens (tertiary/aromatic N) is 2. The van der Waals surface area contributed by atoms with E-state index in [0.717, 1.165) is 12.6 Å². The van der Waals surface area contributed by atoms with Crippen LogP contribution in [0.25, 0.3) is 0 Å². The molecule has 1 fully saturated rings. The van der Waals surface area contributed by atoms with Crippen LogP contribution in [0.15, 0.2) is 11.6 Å². The highest BCUT2D eigenvalue weighted by atomic mass is 32.1. The van der Waals surface area contributed by atoms with Crippen molar-refractivity contribution in [2.24, 2.45) is 0 Å². The Kier molecular flexibility index (Phi) is 3.54. The van der Waals surface area contributed by atoms with Gasteiger partial charge in [0.2, 0.25) is 0 Å². The van der Waals surface area contributed by atoms with Crippen LogP contribution in [0.5, 0.6) is 0 Å². The summed E-state index contributed by atoms with van der Waals surface area (Å²) < 4.78 is 0. The minimum absolute atomic E-state index is 0.799. The molecule has 2 nitrogen and oxygen atoms in total. The lowest BCUT2D eigenvalue weighted by atomic mass is 9.94. The van der Waals surface area contributed by atoms with Crippen LogP contribution >= 0.6 is 11.3 Å². The van der Waals surface area contributed by atoms with Gasteiger partial charge in [-0.15, -0.1) is 11.3 Å². The van der Waals surface area contributed by atoms with E-state index in [1.807, 2.05) is 6.20 Å². The first-order valence-corrected chi connectivity index (χ1v) is 6.33. The summed E-state index contributed by atoms with van der Waals surface area (Å²) in [6.07, 6.45) is 8.90. The lowest BCUT2D eigenvalue weighted by molar-refractivity contribution is 0.184. The van der Waals surface area contributed by atoms with Gasteiger partial charge in [0.15, 0.2) is 0 Å². The number of rotatable bonds is 3. The molecule has 1 heterocycles. The summed E-state index contributed by atoms with van der Waals surface area (Å²) in [5.41, 5.74) is 0. The van der Waals surface area contributed by atoms with Crippen molar-refractivity contribution in [2.75, 3.05) is 7.05 Å². The molecule has 2 rings (SSSR count). The molecule has 14 heavy (non-hydrogen) atoms. The molecular formula is C11H18N2S. The van der Waals surface area contributed by atoms with Gasteiger partial charge in [0.1, 0.15) is 5.01 Å². The molecule has 0 unspecified atom stereocenters. The Bertz CT molecular complexity index is 252. The molecule has 0 atom stereocenters. The van der Waals surface area contributed by atoms with Gasteiger partial charge in [0, 0.05) is 17.6 Å². The van der Waals surface area contributed by atoms with E-state index in [1.165, 1.54) is 37.1 Å². The van der Waals surface area contributed by atoms with Gasteiger partial charge >= 0.3 is 0 Å². The Hall–Kier alpha value is -0.410. The molecule has 0 saturated heterocycles. The molecule has 0 aliphatic heterocycles. The lowest BCUT2D eigenvalue weighted by Gasteiger charge is -2.30. The molecule has 1 aromatic rings. The molecule has 1 aromatic heterocycles. The summed E-state index contributed by atoms with van der Waals surface area (Å²) in [5, 5.41) is 3.31. The zero-order valence-corrected chi connectivity index (χ0v) is 9.59. The maximum atomic E-state index is 4.33. The fraction of sp³-hybridized carbons (Fsp3) is 0.727. The highest BCUT2D eigenvalue weighted by molar-refractivity contribution is 7.09. The highest BCUT2D eigenvalue weighted by Gasteiger charge is 2.18. The van der Waals surface area contributed by atoms with Gasteiger partial charge in [-0.3, -0.25) is 4.90 Å². The molecule has 0 bridgehead atoms. The van der Waals surface area contributed by atoms with Gasteiger partial charge in [-0.25, -0.2) is 4.98 Å². The number of aromatic nitrogens is 1. The fourth-order valence-electron chi connectivity index (χ4n) is 2.20. The predicted molar refractivity (Wildman–Crippen MR) is 60.5 cm³/mol. The molecule has 0 radical (unpaired) electrons. The van der Waals surface area contributed by atoms with Crippen molar-refractivity contribution in [3.8, 4) is 0 Å². The molecule has 0 spiro atoms. The zero-order valence-electron chi connectivity index (χ0n) is 8.78. The topological polar surface area (TPSA) is 16.1 Å². The molecule has 0 N–H and O–H groups in total. The zero-order chi connectivity index (χ0) is 9.80. The Balaban J connectivity index is 1.85. The van der Waals surface area contributed by atoms with Crippen LogP contribution in [0, 0.1) is 0 Å². The maximum absolute atomic E-state index is 4.33. The highest BCUT2D eigenvalue weighted by Crippen LogP contribution is 2.23. The number of hydrogen-bond donors (Lipinski definition) is 0. The van der Waals surface area contributed by atoms with Crippen LogP contribution in [-0.4, -0.2) is 23.0 Å². The van der Waals surface area contributed by atoms with E-state index >= 15 is 0 Å². The lowest BCUT2D eigenvalue weighted by Crippen LogP contribution is -2.32. The van der Waals surface area contributed by atoms with Crippen LogP contribution < -0.4 is 0 Å². The quantitative estimate of drug-likeness (QED) is 0.762. The van der Waals surface area contributed by atoms with Crippen LogP contribution in [0.4, 0.5) is 0 Å². The van der Waals surface area contributed by atoms with Gasteiger partial charge in [-0.2, -0.15) is 0 Å². The number of thiazole rings is 1. The van der Waals surface area contributed by atoms with E-state index in [0.29, 0.717) is 0 Å². The third kappa shape index (κ3) is 2.55. The third-order valence-electron chi connectivity index (χ3n) is 3.07. The third-order valence-corrected chi connectivity index (χ3v) is 3.83. The van der Waals surface area contributed by atoms with Gasteiger partial charge in [-0.05, 0) is 19.9 Å². The molecule has 1 aliphatic rings. The Labute approximate surface area is 90.0 Å². The van der Waals surface area contributed by atoms with Crippen molar-refractivity contribution in [1.82, 2.24) is 9.88 Å². The van der Waals surface area contributed by atoms with Crippen LogP contribution in [0.3, 0.4) is 0 Å². The van der Waals surface area contributed by atoms with Crippen LogP contribution in [-0.2, 0) is 6.54 Å². The van der Waals surface area contributed by atoms with Crippen molar-refractivity contribution < 1.29 is 0 Å². The van der Waals surface area contributed by atoms with Gasteiger partial charge in [-0.1, -0.05) is 19.3 Å². The second-order valence-corrected chi connectivity index (χ2v) is 5.11. The second-order valence-electron chi connectivity index (χ2n) is 4.13. The predicted octanol–water partition coefficient (Wildman–Crippen LogP) is 2.91. The maximum Gasteiger partial charge on any atom is 0.107 e. The van der Waals surface area contributed by atoms with Crippen molar-refractivity contribution in [1.29, 1.82) is 0 Å². The number of hydrogen-bond acceptors (Lipinski definition) is 3. The Morgan fingerprint density at radius 2 is 2.21 bits per heavy atom. The molecule has 1 saturated carbocycles. The first-order valence-electron chi connectivity index (χ1n) is 5.45. The van der Waals surface area contributed by atoms with Crippen LogP contribution in [0.1, 0.15) is 37.1 Å². The van der Waals surface area contributed by atoms with Gasteiger partial charge < -0.3 is 0 Å². The first kappa shape index (κ1) is 10.1. The van der Waals surface area contributed by atoms with Crippen molar-refractivity contribution in [3.05, 3.63) is 16.6 Å². The van der Waals surface area contributed by atoms with E-state index in [2.05, 4.69) is 22.3 Å². The molecular weight excluding hydrogens is 192 g/mol. The molecule has 3 heteroatoms. The normalized spacial score (nSPS) is 19.0. The summed E-state index contributed by atoms with van der Waals surface area (Å²) in [4.78, 5) is 6.80. The second kappa shape index (κ2) is 4.89. The van der Waals surface area contributed by atoms with Crippen molar-refractivity contribution in [3.63, 3.8) is 0 Å². The van der Waals surface area contributed by atoms with Crippen molar-refractivity contribution in [2.45, 2.75) is 44.7 Å². The van der Waals surface area contributed by atoms with E-state index < -0.39 is 0 Å². The molecule has 0 aromatic carbocycles. The summed E-state index contributed by atoms with van der Waals surface area (Å²) in [7, 11) is 2.23. The SMILES string of the molecule is CN(Cc1nccs1)C1CCCCC1. The van der Waals surface area contributed by atoms with E-state index in [4.69, 9.17) is 0 Å². The molecule has 78 valence electrons. The minimum atomic E-state index is 0.799. The largest absolute Gasteiger partial charge is 0.297 e. The minimum Gasteiger partial charge on any atom is -0.297 e. The first-order chi connectivity index (χ1) is 6.86. The van der Waals surface area contributed by atoms with E-state index in [9.17, 15) is 0 Å². The monoisotopic (exact) mass is 210 g/mol. The molecule has 0 amide bonds. The van der Waals surface area contributed by atoms with E-state index in [-0.39, 0.29) is 0 Å². The average Bonchev–Trinajstić information content (AvgIpc) is 2.72. The van der Waals surface area contributed by atoms with E-state index in [1.54, 1.807) is 11.3 Å². The summed E-state index contributed by atoms with van der Waals surface area (Å²) in [6.45, 7) is 1.03. The standard InChI is InChI=1S/C11H18N2S/c1-13(9-11-12-7-8-14-11)10-5-3-2-4-6-10/h7-8,10H,2-6,9H2,1H3. The molecule has 1 aliphatic carbocycles. The van der Waals surface area contributed by atoms with Crippen LogP contribution in [0.2, 0.25) is 0 Å². The summed E-state index contributed by atoms with van der Waals surface area (Å²) in [5.74, 6) is 0. The Morgan fingerprint density at radius 1 is 1.43 bits per heavy atom.